The van der Waals surface area contributed by atoms with E-state index in [0.29, 0.717) is 31.5 Å². The average molecular weight is 488 g/mol. The minimum atomic E-state index is -0.0622. The summed E-state index contributed by atoms with van der Waals surface area (Å²) in [6.45, 7) is 6.64. The number of carbonyl (C=O) groups excluding carboxylic acids is 2. The summed E-state index contributed by atoms with van der Waals surface area (Å²) >= 11 is 0. The molecule has 36 heavy (non-hydrogen) atoms. The molecule has 0 bridgehead atoms. The Kier molecular flexibility index (Phi) is 8.62. The number of nitrogens with zero attached hydrogens (tertiary/aromatic N) is 2. The third kappa shape index (κ3) is 7.11. The lowest BCUT2D eigenvalue weighted by Crippen LogP contribution is -2.30. The fourth-order valence-electron chi connectivity index (χ4n) is 4.12. The minimum absolute atomic E-state index is 0.0609. The number of rotatable bonds is 9. The fourth-order valence-corrected chi connectivity index (χ4v) is 4.12. The quantitative estimate of drug-likeness (QED) is 0.427. The van der Waals surface area contributed by atoms with Crippen molar-refractivity contribution < 1.29 is 14.3 Å². The van der Waals surface area contributed by atoms with Gasteiger partial charge in [-0.3, -0.25) is 9.59 Å². The van der Waals surface area contributed by atoms with Crippen molar-refractivity contribution >= 4 is 11.8 Å². The summed E-state index contributed by atoms with van der Waals surface area (Å²) in [5, 5.41) is 9.01. The van der Waals surface area contributed by atoms with E-state index in [1.54, 1.807) is 6.20 Å². The molecule has 3 N–H and O–H groups in total. The van der Waals surface area contributed by atoms with Crippen LogP contribution in [0.2, 0.25) is 0 Å². The van der Waals surface area contributed by atoms with Crippen LogP contribution in [0.5, 0.6) is 5.88 Å². The molecule has 0 radical (unpaired) electrons. The van der Waals surface area contributed by atoms with E-state index in [1.165, 1.54) is 13.8 Å². The van der Waals surface area contributed by atoms with Gasteiger partial charge in [-0.2, -0.15) is 0 Å². The van der Waals surface area contributed by atoms with Crippen LogP contribution in [-0.2, 0) is 22.7 Å². The molecule has 1 aliphatic heterocycles. The molecule has 0 saturated carbocycles. The number of carbonyl (C=O) groups is 2. The molecule has 0 spiro atoms. The Balaban J connectivity index is 1.59. The Morgan fingerprint density at radius 2 is 1.39 bits per heavy atom. The van der Waals surface area contributed by atoms with Crippen molar-refractivity contribution in [2.24, 2.45) is 5.92 Å². The molecule has 1 aliphatic rings. The first-order valence-corrected chi connectivity index (χ1v) is 12.4. The summed E-state index contributed by atoms with van der Waals surface area (Å²) < 4.78 is 6.07. The summed E-state index contributed by atoms with van der Waals surface area (Å²) in [5.41, 5.74) is 5.34. The van der Waals surface area contributed by atoms with Gasteiger partial charge in [-0.25, -0.2) is 9.97 Å². The molecule has 8 nitrogen and oxygen atoms in total. The van der Waals surface area contributed by atoms with E-state index >= 15 is 0 Å². The van der Waals surface area contributed by atoms with Gasteiger partial charge in [-0.1, -0.05) is 48.5 Å². The summed E-state index contributed by atoms with van der Waals surface area (Å²) in [6, 6.07) is 15.9. The number of ether oxygens (including phenoxy) is 1. The molecule has 0 aliphatic carbocycles. The molecule has 1 saturated heterocycles. The fraction of sp³-hybridized carbons (Fsp3) is 0.357. The van der Waals surface area contributed by atoms with Gasteiger partial charge >= 0.3 is 0 Å². The van der Waals surface area contributed by atoms with Crippen LogP contribution < -0.4 is 20.7 Å². The second-order valence-electron chi connectivity index (χ2n) is 9.12. The van der Waals surface area contributed by atoms with Crippen molar-refractivity contribution in [3.63, 3.8) is 0 Å². The first-order chi connectivity index (χ1) is 17.5. The van der Waals surface area contributed by atoms with Crippen LogP contribution in [0.15, 0.2) is 54.7 Å². The Labute approximate surface area is 211 Å². The minimum Gasteiger partial charge on any atom is -0.476 e. The predicted octanol–water partition coefficient (Wildman–Crippen LogP) is 3.46. The van der Waals surface area contributed by atoms with E-state index in [-0.39, 0.29) is 11.8 Å². The topological polar surface area (TPSA) is 105 Å². The maximum absolute atomic E-state index is 11.3. The number of hydrogen-bond acceptors (Lipinski definition) is 6. The standard InChI is InChI=1S/C28H33N5O3/c1-19(34)30-15-21-3-7-24(8-4-21)27-28(25-9-5-22(6-10-25)16-31-20(2)35)33-26(17-32-27)36-18-23-11-13-29-14-12-23/h3-10,17,23,29H,11-16,18H2,1-2H3,(H,30,34)(H,31,35). The van der Waals surface area contributed by atoms with Crippen LogP contribution in [-0.4, -0.2) is 41.5 Å². The summed E-state index contributed by atoms with van der Waals surface area (Å²) in [4.78, 5) is 32.1. The summed E-state index contributed by atoms with van der Waals surface area (Å²) in [7, 11) is 0. The zero-order valence-electron chi connectivity index (χ0n) is 20.8. The van der Waals surface area contributed by atoms with Crippen molar-refractivity contribution in [1.29, 1.82) is 0 Å². The van der Waals surface area contributed by atoms with Crippen LogP contribution in [0.25, 0.3) is 22.5 Å². The number of benzene rings is 2. The zero-order chi connectivity index (χ0) is 25.3. The number of piperidine rings is 1. The van der Waals surface area contributed by atoms with Gasteiger partial charge in [0.25, 0.3) is 0 Å². The van der Waals surface area contributed by atoms with Crippen LogP contribution in [0.3, 0.4) is 0 Å². The zero-order valence-corrected chi connectivity index (χ0v) is 20.8. The van der Waals surface area contributed by atoms with E-state index in [0.717, 1.165) is 59.6 Å². The Hall–Kier alpha value is -3.78. The third-order valence-corrected chi connectivity index (χ3v) is 6.21. The maximum Gasteiger partial charge on any atom is 0.232 e. The Morgan fingerprint density at radius 3 is 1.92 bits per heavy atom. The monoisotopic (exact) mass is 487 g/mol. The van der Waals surface area contributed by atoms with Gasteiger partial charge in [0.05, 0.1) is 18.5 Å². The van der Waals surface area contributed by atoms with Crippen molar-refractivity contribution in [1.82, 2.24) is 25.9 Å². The van der Waals surface area contributed by atoms with Gasteiger partial charge in [0.15, 0.2) is 0 Å². The molecular formula is C28H33N5O3. The molecule has 3 aromatic rings. The van der Waals surface area contributed by atoms with Gasteiger partial charge in [-0.05, 0) is 43.0 Å². The lowest BCUT2D eigenvalue weighted by atomic mass is 9.99. The van der Waals surface area contributed by atoms with Gasteiger partial charge in [0.1, 0.15) is 5.69 Å². The number of nitrogens with one attached hydrogen (secondary N) is 3. The second kappa shape index (κ2) is 12.3. The largest absolute Gasteiger partial charge is 0.476 e. The van der Waals surface area contributed by atoms with Crippen LogP contribution in [0, 0.1) is 5.92 Å². The highest BCUT2D eigenvalue weighted by atomic mass is 16.5. The highest BCUT2D eigenvalue weighted by Gasteiger charge is 2.17. The second-order valence-corrected chi connectivity index (χ2v) is 9.12. The van der Waals surface area contributed by atoms with Gasteiger partial charge in [0.2, 0.25) is 17.7 Å². The SMILES string of the molecule is CC(=O)NCc1ccc(-c2ncc(OCC3CCNCC3)nc2-c2ccc(CNC(C)=O)cc2)cc1. The van der Waals surface area contributed by atoms with Crippen LogP contribution in [0.4, 0.5) is 0 Å². The van der Waals surface area contributed by atoms with Crippen molar-refractivity contribution in [3.05, 3.63) is 65.9 Å². The van der Waals surface area contributed by atoms with E-state index in [1.807, 2.05) is 48.5 Å². The van der Waals surface area contributed by atoms with E-state index in [2.05, 4.69) is 16.0 Å². The molecule has 2 amide bonds. The molecule has 2 aromatic carbocycles. The van der Waals surface area contributed by atoms with Crippen molar-refractivity contribution in [2.75, 3.05) is 19.7 Å². The normalized spacial score (nSPS) is 13.7. The van der Waals surface area contributed by atoms with E-state index in [4.69, 9.17) is 14.7 Å². The molecule has 2 heterocycles. The van der Waals surface area contributed by atoms with Crippen molar-refractivity contribution in [2.45, 2.75) is 39.8 Å². The number of aromatic nitrogens is 2. The average Bonchev–Trinajstić information content (AvgIpc) is 2.90. The summed E-state index contributed by atoms with van der Waals surface area (Å²) in [5.74, 6) is 0.902. The summed E-state index contributed by atoms with van der Waals surface area (Å²) in [6.07, 6.45) is 3.88. The highest BCUT2D eigenvalue weighted by molar-refractivity contribution is 5.78. The molecule has 0 atom stereocenters. The van der Waals surface area contributed by atoms with Gasteiger partial charge < -0.3 is 20.7 Å². The molecule has 4 rings (SSSR count). The molecule has 1 fully saturated rings. The number of amides is 2. The smallest absolute Gasteiger partial charge is 0.232 e. The molecule has 188 valence electrons. The van der Waals surface area contributed by atoms with Gasteiger partial charge in [-0.15, -0.1) is 0 Å². The highest BCUT2D eigenvalue weighted by Crippen LogP contribution is 2.31. The predicted molar refractivity (Wildman–Crippen MR) is 139 cm³/mol. The maximum atomic E-state index is 11.3. The number of hydrogen-bond donors (Lipinski definition) is 3. The van der Waals surface area contributed by atoms with E-state index < -0.39 is 0 Å². The third-order valence-electron chi connectivity index (χ3n) is 6.21. The lowest BCUT2D eigenvalue weighted by molar-refractivity contribution is -0.120. The lowest BCUT2D eigenvalue weighted by Gasteiger charge is -2.22. The molecular weight excluding hydrogens is 454 g/mol. The Morgan fingerprint density at radius 1 is 0.861 bits per heavy atom. The molecule has 1 aromatic heterocycles. The van der Waals surface area contributed by atoms with Gasteiger partial charge in [0, 0.05) is 38.1 Å². The van der Waals surface area contributed by atoms with E-state index in [9.17, 15) is 9.59 Å². The molecule has 8 heteroatoms. The van der Waals surface area contributed by atoms with Crippen LogP contribution in [0.1, 0.15) is 37.8 Å². The molecule has 0 unspecified atom stereocenters. The first-order valence-electron chi connectivity index (χ1n) is 12.4. The van der Waals surface area contributed by atoms with Crippen molar-refractivity contribution in [3.8, 4) is 28.4 Å². The Bertz CT molecular complexity index is 1170. The first kappa shape index (κ1) is 25.3. The van der Waals surface area contributed by atoms with Crippen LogP contribution >= 0.6 is 0 Å².